The van der Waals surface area contributed by atoms with Crippen LogP contribution in [0.1, 0.15) is 31.1 Å². The molecule has 0 saturated heterocycles. The summed E-state index contributed by atoms with van der Waals surface area (Å²) < 4.78 is 0. The lowest BCUT2D eigenvalue weighted by Gasteiger charge is -2.09. The van der Waals surface area contributed by atoms with E-state index in [1.807, 2.05) is 0 Å². The van der Waals surface area contributed by atoms with Gasteiger partial charge in [0, 0.05) is 16.3 Å². The Labute approximate surface area is 187 Å². The quantitative estimate of drug-likeness (QED) is 0.380. The van der Waals surface area contributed by atoms with Crippen LogP contribution >= 0.6 is 11.8 Å². The molecule has 0 unspecified atom stereocenters. The number of amides is 2. The van der Waals surface area contributed by atoms with Crippen molar-refractivity contribution in [2.45, 2.75) is 4.90 Å². The van der Waals surface area contributed by atoms with Crippen LogP contribution in [0.15, 0.2) is 77.7 Å². The fraction of sp³-hybridized carbons (Fsp3) is 0.0435. The minimum atomic E-state index is -1.19. The van der Waals surface area contributed by atoms with Crippen molar-refractivity contribution in [2.75, 3.05) is 16.4 Å². The van der Waals surface area contributed by atoms with E-state index in [1.54, 1.807) is 36.4 Å². The van der Waals surface area contributed by atoms with Gasteiger partial charge in [-0.2, -0.15) is 0 Å². The zero-order valence-electron chi connectivity index (χ0n) is 16.6. The highest BCUT2D eigenvalue weighted by Crippen LogP contribution is 2.23. The molecule has 0 heterocycles. The van der Waals surface area contributed by atoms with Crippen LogP contribution in [-0.2, 0) is 4.79 Å². The first-order valence-electron chi connectivity index (χ1n) is 9.33. The fourth-order valence-electron chi connectivity index (χ4n) is 2.77. The molecule has 3 aromatic rings. The van der Waals surface area contributed by atoms with Gasteiger partial charge in [-0.3, -0.25) is 9.59 Å². The summed E-state index contributed by atoms with van der Waals surface area (Å²) in [7, 11) is 0. The number of aromatic carboxylic acids is 2. The molecule has 0 radical (unpaired) electrons. The van der Waals surface area contributed by atoms with Crippen LogP contribution in [-0.4, -0.2) is 39.7 Å². The molecule has 4 N–H and O–H groups in total. The van der Waals surface area contributed by atoms with Gasteiger partial charge in [-0.25, -0.2) is 9.59 Å². The van der Waals surface area contributed by atoms with Gasteiger partial charge in [-0.05, 0) is 54.6 Å². The number of hydrogen-bond acceptors (Lipinski definition) is 5. The minimum absolute atomic E-state index is 0.0475. The van der Waals surface area contributed by atoms with E-state index < -0.39 is 17.8 Å². The van der Waals surface area contributed by atoms with E-state index in [1.165, 1.54) is 48.2 Å². The van der Waals surface area contributed by atoms with Gasteiger partial charge in [-0.1, -0.05) is 18.2 Å². The summed E-state index contributed by atoms with van der Waals surface area (Å²) in [5.41, 5.74) is 1.03. The Bertz CT molecular complexity index is 1180. The second-order valence-corrected chi connectivity index (χ2v) is 7.60. The number of hydrogen-bond donors (Lipinski definition) is 4. The van der Waals surface area contributed by atoms with Crippen LogP contribution in [0.4, 0.5) is 11.4 Å². The van der Waals surface area contributed by atoms with E-state index in [0.717, 1.165) is 4.90 Å². The number of rotatable bonds is 8. The first-order valence-corrected chi connectivity index (χ1v) is 10.3. The number of carbonyl (C=O) groups is 4. The second-order valence-electron chi connectivity index (χ2n) is 6.55. The SMILES string of the molecule is O=C(CSc1cccc(NC(=O)c2ccccc2C(=O)O)c1)Nc1ccc(C(=O)O)cc1. The lowest BCUT2D eigenvalue weighted by molar-refractivity contribution is -0.113. The number of carboxylic acid groups (broad SMARTS) is 2. The Morgan fingerprint density at radius 1 is 0.719 bits per heavy atom. The summed E-state index contributed by atoms with van der Waals surface area (Å²) >= 11 is 1.25. The maximum absolute atomic E-state index is 12.5. The lowest BCUT2D eigenvalue weighted by atomic mass is 10.1. The highest BCUT2D eigenvalue weighted by Gasteiger charge is 2.16. The van der Waals surface area contributed by atoms with Crippen LogP contribution in [0.25, 0.3) is 0 Å². The minimum Gasteiger partial charge on any atom is -0.478 e. The van der Waals surface area contributed by atoms with E-state index >= 15 is 0 Å². The number of benzene rings is 3. The maximum atomic E-state index is 12.5. The van der Waals surface area contributed by atoms with Crippen molar-refractivity contribution in [1.29, 1.82) is 0 Å². The molecule has 0 spiro atoms. The molecule has 0 fully saturated rings. The van der Waals surface area contributed by atoms with Gasteiger partial charge >= 0.3 is 11.9 Å². The van der Waals surface area contributed by atoms with Crippen molar-refractivity contribution in [3.63, 3.8) is 0 Å². The fourth-order valence-corrected chi connectivity index (χ4v) is 3.53. The molecule has 0 aliphatic heterocycles. The third-order valence-corrected chi connectivity index (χ3v) is 5.27. The molecular weight excluding hydrogens is 432 g/mol. The number of nitrogens with one attached hydrogen (secondary N) is 2. The highest BCUT2D eigenvalue weighted by molar-refractivity contribution is 8.00. The van der Waals surface area contributed by atoms with E-state index in [-0.39, 0.29) is 28.4 Å². The molecule has 0 bridgehead atoms. The molecule has 3 rings (SSSR count). The molecule has 0 aliphatic rings. The molecule has 3 aromatic carbocycles. The smallest absolute Gasteiger partial charge is 0.336 e. The number of carboxylic acids is 2. The van der Waals surface area contributed by atoms with Crippen molar-refractivity contribution in [2.24, 2.45) is 0 Å². The first kappa shape index (κ1) is 22.6. The molecule has 0 aliphatic carbocycles. The Morgan fingerprint density at radius 2 is 1.41 bits per heavy atom. The van der Waals surface area contributed by atoms with Crippen LogP contribution in [0.5, 0.6) is 0 Å². The van der Waals surface area contributed by atoms with Crippen molar-refractivity contribution in [3.05, 3.63) is 89.5 Å². The Hall–Kier alpha value is -4.11. The van der Waals surface area contributed by atoms with Gasteiger partial charge in [0.15, 0.2) is 0 Å². The summed E-state index contributed by atoms with van der Waals surface area (Å²) in [4.78, 5) is 47.6. The molecule has 8 nitrogen and oxygen atoms in total. The van der Waals surface area contributed by atoms with Crippen molar-refractivity contribution in [3.8, 4) is 0 Å². The zero-order valence-corrected chi connectivity index (χ0v) is 17.4. The van der Waals surface area contributed by atoms with Crippen molar-refractivity contribution < 1.29 is 29.4 Å². The van der Waals surface area contributed by atoms with E-state index in [0.29, 0.717) is 11.4 Å². The van der Waals surface area contributed by atoms with Gasteiger partial charge < -0.3 is 20.8 Å². The highest BCUT2D eigenvalue weighted by atomic mass is 32.2. The molecule has 0 saturated carbocycles. The molecule has 0 aromatic heterocycles. The number of anilines is 2. The standard InChI is InChI=1S/C23H18N2O6S/c26-20(24-15-10-8-14(9-11-15)22(28)29)13-32-17-5-3-4-16(12-17)25-21(27)18-6-1-2-7-19(18)23(30)31/h1-12H,13H2,(H,24,26)(H,25,27)(H,28,29)(H,30,31). The van der Waals surface area contributed by atoms with Crippen LogP contribution in [0.3, 0.4) is 0 Å². The molecule has 9 heteroatoms. The van der Waals surface area contributed by atoms with Gasteiger partial charge in [0.25, 0.3) is 5.91 Å². The number of thioether (sulfide) groups is 1. The van der Waals surface area contributed by atoms with Gasteiger partial charge in [0.2, 0.25) is 5.91 Å². The van der Waals surface area contributed by atoms with E-state index in [2.05, 4.69) is 10.6 Å². The monoisotopic (exact) mass is 450 g/mol. The Balaban J connectivity index is 1.59. The summed E-state index contributed by atoms with van der Waals surface area (Å²) in [6.07, 6.45) is 0. The third-order valence-electron chi connectivity index (χ3n) is 4.28. The predicted molar refractivity (Wildman–Crippen MR) is 121 cm³/mol. The average Bonchev–Trinajstić information content (AvgIpc) is 2.78. The predicted octanol–water partition coefficient (Wildman–Crippen LogP) is 4.07. The normalized spacial score (nSPS) is 10.2. The maximum Gasteiger partial charge on any atom is 0.336 e. The molecule has 2 amide bonds. The molecule has 0 atom stereocenters. The molecule has 162 valence electrons. The first-order chi connectivity index (χ1) is 15.3. The third kappa shape index (κ3) is 5.96. The summed E-state index contributed by atoms with van der Waals surface area (Å²) in [5, 5.41) is 23.5. The summed E-state index contributed by atoms with van der Waals surface area (Å²) in [6, 6.07) is 18.6. The van der Waals surface area contributed by atoms with Crippen LogP contribution in [0, 0.1) is 0 Å². The van der Waals surface area contributed by atoms with Crippen molar-refractivity contribution >= 4 is 46.9 Å². The average molecular weight is 450 g/mol. The number of carbonyl (C=O) groups excluding carboxylic acids is 2. The Kier molecular flexibility index (Phi) is 7.25. The van der Waals surface area contributed by atoms with E-state index in [4.69, 9.17) is 5.11 Å². The summed E-state index contributed by atoms with van der Waals surface area (Å²) in [5.74, 6) is -2.96. The van der Waals surface area contributed by atoms with E-state index in [9.17, 15) is 24.3 Å². The second kappa shape index (κ2) is 10.3. The summed E-state index contributed by atoms with van der Waals surface area (Å²) in [6.45, 7) is 0. The lowest BCUT2D eigenvalue weighted by Crippen LogP contribution is -2.16. The van der Waals surface area contributed by atoms with Gasteiger partial charge in [0.1, 0.15) is 0 Å². The van der Waals surface area contributed by atoms with Crippen LogP contribution < -0.4 is 10.6 Å². The Morgan fingerprint density at radius 3 is 2.06 bits per heavy atom. The molecule has 32 heavy (non-hydrogen) atoms. The largest absolute Gasteiger partial charge is 0.478 e. The topological polar surface area (TPSA) is 133 Å². The molecular formula is C23H18N2O6S. The van der Waals surface area contributed by atoms with Crippen molar-refractivity contribution in [1.82, 2.24) is 0 Å². The van der Waals surface area contributed by atoms with Crippen LogP contribution in [0.2, 0.25) is 0 Å². The van der Waals surface area contributed by atoms with Gasteiger partial charge in [0.05, 0.1) is 22.4 Å². The van der Waals surface area contributed by atoms with Gasteiger partial charge in [-0.15, -0.1) is 11.8 Å². The zero-order chi connectivity index (χ0) is 23.1.